The Hall–Kier alpha value is -1.72. The smallest absolute Gasteiger partial charge is 0.318 e. The van der Waals surface area contributed by atoms with Crippen molar-refractivity contribution in [3.8, 4) is 0 Å². The summed E-state index contributed by atoms with van der Waals surface area (Å²) in [4.78, 5) is 16.7. The van der Waals surface area contributed by atoms with Crippen molar-refractivity contribution in [2.24, 2.45) is 5.73 Å². The molecule has 0 bridgehead atoms. The van der Waals surface area contributed by atoms with Gasteiger partial charge in [-0.2, -0.15) is 0 Å². The predicted octanol–water partition coefficient (Wildman–Crippen LogP) is 2.06. The van der Waals surface area contributed by atoms with E-state index < -0.39 is 5.41 Å². The van der Waals surface area contributed by atoms with Gasteiger partial charge in [0.05, 0.1) is 12.1 Å². The number of ether oxygens (including phenoxy) is 1. The Morgan fingerprint density at radius 2 is 2.20 bits per heavy atom. The molecule has 0 aliphatic rings. The van der Waals surface area contributed by atoms with Crippen LogP contribution < -0.4 is 5.73 Å². The molecule has 2 aromatic rings. The first-order chi connectivity index (χ1) is 9.64. The summed E-state index contributed by atoms with van der Waals surface area (Å²) in [6.07, 6.45) is 2.19. The van der Waals surface area contributed by atoms with Crippen LogP contribution in [0.2, 0.25) is 0 Å². The molecule has 0 amide bonds. The normalized spacial score (nSPS) is 13.8. The van der Waals surface area contributed by atoms with Crippen molar-refractivity contribution < 1.29 is 9.53 Å². The molecule has 2 N–H and O–H groups in total. The number of aryl methyl sites for hydroxylation is 1. The average molecular weight is 290 g/mol. The summed E-state index contributed by atoms with van der Waals surface area (Å²) in [5.41, 5.74) is 7.04. The highest BCUT2D eigenvalue weighted by Crippen LogP contribution is 2.32. The summed E-state index contributed by atoms with van der Waals surface area (Å²) in [5.74, 6) is -0.315. The van der Waals surface area contributed by atoms with Gasteiger partial charge in [-0.25, -0.2) is 4.98 Å². The minimum atomic E-state index is -0.877. The van der Waals surface area contributed by atoms with Crippen LogP contribution in [0.3, 0.4) is 0 Å². The van der Waals surface area contributed by atoms with Gasteiger partial charge in [0.15, 0.2) is 0 Å². The number of esters is 1. The molecule has 4 nitrogen and oxygen atoms in total. The van der Waals surface area contributed by atoms with Crippen LogP contribution in [0.15, 0.2) is 35.8 Å². The third kappa shape index (κ3) is 2.59. The first kappa shape index (κ1) is 14.7. The number of nitrogens with two attached hydrogens (primary N) is 1. The van der Waals surface area contributed by atoms with Crippen LogP contribution in [-0.2, 0) is 21.4 Å². The lowest BCUT2D eigenvalue weighted by Crippen LogP contribution is -2.46. The third-order valence-corrected chi connectivity index (χ3v) is 4.30. The number of rotatable bonds is 5. The van der Waals surface area contributed by atoms with E-state index in [0.29, 0.717) is 6.42 Å². The van der Waals surface area contributed by atoms with Crippen LogP contribution in [0, 0.1) is 6.92 Å². The molecule has 0 spiro atoms. The largest absolute Gasteiger partial charge is 0.468 e. The first-order valence-electron chi connectivity index (χ1n) is 6.37. The summed E-state index contributed by atoms with van der Waals surface area (Å²) in [6, 6.07) is 7.77. The molecule has 5 heteroatoms. The van der Waals surface area contributed by atoms with Crippen molar-refractivity contribution in [2.75, 3.05) is 13.7 Å². The van der Waals surface area contributed by atoms with Crippen molar-refractivity contribution in [1.29, 1.82) is 0 Å². The van der Waals surface area contributed by atoms with Gasteiger partial charge in [-0.15, -0.1) is 11.3 Å². The van der Waals surface area contributed by atoms with E-state index in [1.165, 1.54) is 18.4 Å². The summed E-state index contributed by atoms with van der Waals surface area (Å²) in [5, 5.41) is 2.77. The zero-order chi connectivity index (χ0) is 14.6. The SMILES string of the molecule is COC(=O)C(CN)(Cc1nccs1)c1ccccc1C. The Balaban J connectivity index is 2.53. The molecule has 1 aromatic heterocycles. The molecule has 0 aliphatic heterocycles. The fourth-order valence-corrected chi connectivity index (χ4v) is 3.18. The highest BCUT2D eigenvalue weighted by molar-refractivity contribution is 7.09. The fourth-order valence-electron chi connectivity index (χ4n) is 2.45. The van der Waals surface area contributed by atoms with E-state index >= 15 is 0 Å². The molecule has 0 fully saturated rings. The van der Waals surface area contributed by atoms with E-state index in [-0.39, 0.29) is 12.5 Å². The van der Waals surface area contributed by atoms with Gasteiger partial charge < -0.3 is 10.5 Å². The molecule has 106 valence electrons. The van der Waals surface area contributed by atoms with Gasteiger partial charge in [0.2, 0.25) is 0 Å². The van der Waals surface area contributed by atoms with E-state index in [4.69, 9.17) is 10.5 Å². The molecule has 1 atom stereocenters. The second-order valence-electron chi connectivity index (χ2n) is 4.70. The predicted molar refractivity (Wildman–Crippen MR) is 79.7 cm³/mol. The second kappa shape index (κ2) is 6.15. The monoisotopic (exact) mass is 290 g/mol. The zero-order valence-corrected chi connectivity index (χ0v) is 12.4. The van der Waals surface area contributed by atoms with E-state index in [0.717, 1.165) is 16.1 Å². The van der Waals surface area contributed by atoms with Gasteiger partial charge in [-0.1, -0.05) is 24.3 Å². The molecular weight excluding hydrogens is 272 g/mol. The number of methoxy groups -OCH3 is 1. The maximum atomic E-state index is 12.4. The molecule has 0 saturated heterocycles. The number of aromatic nitrogens is 1. The van der Waals surface area contributed by atoms with E-state index in [2.05, 4.69) is 4.98 Å². The summed E-state index contributed by atoms with van der Waals surface area (Å²) < 4.78 is 5.02. The molecule has 1 aromatic carbocycles. The zero-order valence-electron chi connectivity index (χ0n) is 11.6. The lowest BCUT2D eigenvalue weighted by Gasteiger charge is -2.30. The van der Waals surface area contributed by atoms with Crippen LogP contribution in [-0.4, -0.2) is 24.6 Å². The van der Waals surface area contributed by atoms with Crippen molar-refractivity contribution in [3.63, 3.8) is 0 Å². The number of hydrogen-bond donors (Lipinski definition) is 1. The van der Waals surface area contributed by atoms with Crippen LogP contribution in [0.1, 0.15) is 16.1 Å². The van der Waals surface area contributed by atoms with E-state index in [1.54, 1.807) is 6.20 Å². The molecule has 0 saturated carbocycles. The summed E-state index contributed by atoms with van der Waals surface area (Å²) >= 11 is 1.52. The number of thiazole rings is 1. The average Bonchev–Trinajstić information content (AvgIpc) is 2.97. The minimum Gasteiger partial charge on any atom is -0.468 e. The molecule has 1 heterocycles. The van der Waals surface area contributed by atoms with Gasteiger partial charge in [0, 0.05) is 24.5 Å². The van der Waals surface area contributed by atoms with E-state index in [1.807, 2.05) is 36.6 Å². The standard InChI is InChI=1S/C15H18N2O2S/c1-11-5-3-4-6-12(11)15(10-16,14(18)19-2)9-13-17-7-8-20-13/h3-8H,9-10,16H2,1-2H3. The molecule has 2 rings (SSSR count). The fraction of sp³-hybridized carbons (Fsp3) is 0.333. The Labute approximate surface area is 122 Å². The van der Waals surface area contributed by atoms with Crippen LogP contribution in [0.25, 0.3) is 0 Å². The Bertz CT molecular complexity index is 583. The van der Waals surface area contributed by atoms with Crippen molar-refractivity contribution >= 4 is 17.3 Å². The van der Waals surface area contributed by atoms with Crippen molar-refractivity contribution in [3.05, 3.63) is 52.0 Å². The highest BCUT2D eigenvalue weighted by Gasteiger charge is 2.42. The number of carbonyl (C=O) groups excluding carboxylic acids is 1. The topological polar surface area (TPSA) is 65.2 Å². The van der Waals surface area contributed by atoms with Gasteiger partial charge in [-0.3, -0.25) is 4.79 Å². The maximum absolute atomic E-state index is 12.4. The molecular formula is C15H18N2O2S. The molecule has 0 radical (unpaired) electrons. The number of benzene rings is 1. The number of carbonyl (C=O) groups is 1. The lowest BCUT2D eigenvalue weighted by atomic mass is 9.75. The van der Waals surface area contributed by atoms with Gasteiger partial charge in [-0.05, 0) is 18.1 Å². The van der Waals surface area contributed by atoms with Gasteiger partial charge in [0.25, 0.3) is 0 Å². The minimum absolute atomic E-state index is 0.185. The first-order valence-corrected chi connectivity index (χ1v) is 7.25. The van der Waals surface area contributed by atoms with Gasteiger partial charge >= 0.3 is 5.97 Å². The lowest BCUT2D eigenvalue weighted by molar-refractivity contribution is -0.147. The summed E-state index contributed by atoms with van der Waals surface area (Å²) in [7, 11) is 1.40. The Morgan fingerprint density at radius 1 is 1.45 bits per heavy atom. The number of hydrogen-bond acceptors (Lipinski definition) is 5. The molecule has 1 unspecified atom stereocenters. The van der Waals surface area contributed by atoms with Crippen molar-refractivity contribution in [2.45, 2.75) is 18.8 Å². The van der Waals surface area contributed by atoms with Crippen LogP contribution in [0.4, 0.5) is 0 Å². The van der Waals surface area contributed by atoms with Crippen LogP contribution in [0.5, 0.6) is 0 Å². The number of nitrogens with zero attached hydrogens (tertiary/aromatic N) is 1. The van der Waals surface area contributed by atoms with E-state index in [9.17, 15) is 4.79 Å². The highest BCUT2D eigenvalue weighted by atomic mass is 32.1. The molecule has 20 heavy (non-hydrogen) atoms. The summed E-state index contributed by atoms with van der Waals surface area (Å²) in [6.45, 7) is 2.16. The Morgan fingerprint density at radius 3 is 2.75 bits per heavy atom. The van der Waals surface area contributed by atoms with Crippen molar-refractivity contribution in [1.82, 2.24) is 4.98 Å². The quantitative estimate of drug-likeness (QED) is 0.856. The second-order valence-corrected chi connectivity index (χ2v) is 5.67. The Kier molecular flexibility index (Phi) is 4.52. The third-order valence-electron chi connectivity index (χ3n) is 3.52. The maximum Gasteiger partial charge on any atom is 0.318 e. The van der Waals surface area contributed by atoms with Gasteiger partial charge in [0.1, 0.15) is 5.41 Å². The van der Waals surface area contributed by atoms with Crippen LogP contribution >= 0.6 is 11.3 Å². The molecule has 0 aliphatic carbocycles.